The number of benzene rings is 1. The zero-order chi connectivity index (χ0) is 14.8. The van der Waals surface area contributed by atoms with Gasteiger partial charge >= 0.3 is 5.97 Å². The van der Waals surface area contributed by atoms with Gasteiger partial charge in [0.25, 0.3) is 5.69 Å². The maximum absolute atomic E-state index is 11.5. The van der Waals surface area contributed by atoms with Crippen LogP contribution in [0.5, 0.6) is 0 Å². The number of nitro groups is 1. The van der Waals surface area contributed by atoms with Crippen molar-refractivity contribution in [2.45, 2.75) is 24.8 Å². The summed E-state index contributed by atoms with van der Waals surface area (Å²) in [5, 5.41) is 23.5. The lowest BCUT2D eigenvalue weighted by Gasteiger charge is -2.41. The Morgan fingerprint density at radius 3 is 2.70 bits per heavy atom. The Labute approximate surface area is 115 Å². The van der Waals surface area contributed by atoms with Gasteiger partial charge in [0.15, 0.2) is 0 Å². The van der Waals surface area contributed by atoms with E-state index in [1.165, 1.54) is 25.3 Å². The van der Waals surface area contributed by atoms with E-state index in [0.717, 1.165) is 19.3 Å². The number of aliphatic hydroxyl groups is 1. The average molecular weight is 280 g/mol. The number of anilines is 1. The molecule has 1 aromatic rings. The van der Waals surface area contributed by atoms with Crippen molar-refractivity contribution in [3.8, 4) is 0 Å². The number of hydrogen-bond acceptors (Lipinski definition) is 6. The number of nitrogens with one attached hydrogen (secondary N) is 1. The largest absolute Gasteiger partial charge is 0.465 e. The lowest BCUT2D eigenvalue weighted by atomic mass is 9.77. The molecule has 0 unspecified atom stereocenters. The van der Waals surface area contributed by atoms with Crippen molar-refractivity contribution in [1.29, 1.82) is 0 Å². The van der Waals surface area contributed by atoms with Gasteiger partial charge in [0, 0.05) is 6.07 Å². The summed E-state index contributed by atoms with van der Waals surface area (Å²) in [6.45, 7) is -0.105. The molecule has 2 rings (SSSR count). The molecule has 0 aromatic heterocycles. The van der Waals surface area contributed by atoms with E-state index < -0.39 is 16.4 Å². The average Bonchev–Trinajstić information content (AvgIpc) is 2.41. The van der Waals surface area contributed by atoms with Gasteiger partial charge in [-0.3, -0.25) is 10.1 Å². The molecule has 20 heavy (non-hydrogen) atoms. The van der Waals surface area contributed by atoms with Crippen LogP contribution in [0, 0.1) is 10.1 Å². The van der Waals surface area contributed by atoms with Crippen molar-refractivity contribution in [3.05, 3.63) is 33.9 Å². The van der Waals surface area contributed by atoms with Crippen LogP contribution in [-0.2, 0) is 4.74 Å². The van der Waals surface area contributed by atoms with E-state index in [-0.39, 0.29) is 23.5 Å². The third-order valence-corrected chi connectivity index (χ3v) is 3.63. The third-order valence-electron chi connectivity index (χ3n) is 3.63. The monoisotopic (exact) mass is 280 g/mol. The number of aliphatic hydroxyl groups excluding tert-OH is 1. The first kappa shape index (κ1) is 14.3. The van der Waals surface area contributed by atoms with Gasteiger partial charge in [-0.2, -0.15) is 0 Å². The van der Waals surface area contributed by atoms with Crippen molar-refractivity contribution in [3.63, 3.8) is 0 Å². The second-order valence-corrected chi connectivity index (χ2v) is 4.90. The molecule has 0 atom stereocenters. The standard InChI is InChI=1S/C13H16N2O5/c1-20-12(17)9-3-4-11(15(18)19)10(7-9)14-13(8-16)5-2-6-13/h3-4,7,14,16H,2,5-6,8H2,1H3. The first-order valence-electron chi connectivity index (χ1n) is 6.27. The van der Waals surface area contributed by atoms with Crippen molar-refractivity contribution in [2.75, 3.05) is 19.0 Å². The first-order valence-corrected chi connectivity index (χ1v) is 6.27. The van der Waals surface area contributed by atoms with Gasteiger partial charge in [0.2, 0.25) is 0 Å². The second kappa shape index (κ2) is 5.46. The number of ether oxygens (including phenoxy) is 1. The molecule has 1 saturated carbocycles. The number of nitrogens with zero attached hydrogens (tertiary/aromatic N) is 1. The molecule has 1 aliphatic rings. The van der Waals surface area contributed by atoms with Gasteiger partial charge in [-0.05, 0) is 31.4 Å². The normalized spacial score (nSPS) is 16.1. The number of esters is 1. The van der Waals surface area contributed by atoms with Crippen LogP contribution in [0.4, 0.5) is 11.4 Å². The van der Waals surface area contributed by atoms with Gasteiger partial charge in [0.1, 0.15) is 5.69 Å². The van der Waals surface area contributed by atoms with Gasteiger partial charge < -0.3 is 15.2 Å². The zero-order valence-electron chi connectivity index (χ0n) is 11.1. The van der Waals surface area contributed by atoms with Gasteiger partial charge in [-0.25, -0.2) is 4.79 Å². The van der Waals surface area contributed by atoms with E-state index in [1.54, 1.807) is 0 Å². The van der Waals surface area contributed by atoms with E-state index in [1.807, 2.05) is 0 Å². The molecule has 7 heteroatoms. The fourth-order valence-electron chi connectivity index (χ4n) is 2.25. The Balaban J connectivity index is 2.36. The number of hydrogen-bond donors (Lipinski definition) is 2. The summed E-state index contributed by atoms with van der Waals surface area (Å²) in [5.74, 6) is -0.561. The Bertz CT molecular complexity index is 534. The summed E-state index contributed by atoms with van der Waals surface area (Å²) < 4.78 is 4.60. The minimum Gasteiger partial charge on any atom is -0.465 e. The Morgan fingerprint density at radius 1 is 1.55 bits per heavy atom. The number of nitro benzene ring substituents is 1. The molecule has 0 aliphatic heterocycles. The van der Waals surface area contributed by atoms with Gasteiger partial charge in [-0.1, -0.05) is 0 Å². The number of carbonyl (C=O) groups is 1. The van der Waals surface area contributed by atoms with Crippen LogP contribution < -0.4 is 5.32 Å². The lowest BCUT2D eigenvalue weighted by Crippen LogP contribution is -2.48. The fourth-order valence-corrected chi connectivity index (χ4v) is 2.25. The predicted octanol–water partition coefficient (Wildman–Crippen LogP) is 1.71. The smallest absolute Gasteiger partial charge is 0.337 e. The maximum Gasteiger partial charge on any atom is 0.337 e. The fraction of sp³-hybridized carbons (Fsp3) is 0.462. The molecule has 0 amide bonds. The summed E-state index contributed by atoms with van der Waals surface area (Å²) >= 11 is 0. The SMILES string of the molecule is COC(=O)c1ccc([N+](=O)[O-])c(NC2(CO)CCC2)c1. The summed E-state index contributed by atoms with van der Waals surface area (Å²) in [4.78, 5) is 22.0. The van der Waals surface area contributed by atoms with Crippen LogP contribution in [0.3, 0.4) is 0 Å². The summed E-state index contributed by atoms with van der Waals surface area (Å²) in [6, 6.07) is 4.00. The van der Waals surface area contributed by atoms with Crippen molar-refractivity contribution < 1.29 is 19.6 Å². The van der Waals surface area contributed by atoms with E-state index >= 15 is 0 Å². The van der Waals surface area contributed by atoms with Crippen LogP contribution in [0.2, 0.25) is 0 Å². The molecular weight excluding hydrogens is 264 g/mol. The van der Waals surface area contributed by atoms with Crippen LogP contribution in [0.25, 0.3) is 0 Å². The second-order valence-electron chi connectivity index (χ2n) is 4.90. The molecule has 0 spiro atoms. The minimum atomic E-state index is -0.561. The third kappa shape index (κ3) is 2.57. The van der Waals surface area contributed by atoms with Crippen molar-refractivity contribution in [1.82, 2.24) is 0 Å². The Morgan fingerprint density at radius 2 is 2.25 bits per heavy atom. The predicted molar refractivity (Wildman–Crippen MR) is 71.7 cm³/mol. The summed E-state index contributed by atoms with van der Waals surface area (Å²) in [5.41, 5.74) is -0.198. The van der Waals surface area contributed by atoms with Crippen molar-refractivity contribution >= 4 is 17.3 Å². The molecule has 0 radical (unpaired) electrons. The van der Waals surface area contributed by atoms with E-state index in [2.05, 4.69) is 10.1 Å². The number of rotatable bonds is 5. The van der Waals surface area contributed by atoms with E-state index in [4.69, 9.17) is 0 Å². The highest BCUT2D eigenvalue weighted by Gasteiger charge is 2.37. The highest BCUT2D eigenvalue weighted by atomic mass is 16.6. The molecule has 1 fully saturated rings. The summed E-state index contributed by atoms with van der Waals surface area (Å²) in [7, 11) is 1.25. The molecule has 0 heterocycles. The minimum absolute atomic E-state index is 0.105. The first-order chi connectivity index (χ1) is 9.51. The van der Waals surface area contributed by atoms with Gasteiger partial charge in [0.05, 0.1) is 29.7 Å². The highest BCUT2D eigenvalue weighted by molar-refractivity contribution is 5.91. The topological polar surface area (TPSA) is 102 Å². The van der Waals surface area contributed by atoms with E-state index in [0.29, 0.717) is 0 Å². The molecular formula is C13H16N2O5. The zero-order valence-corrected chi connectivity index (χ0v) is 11.1. The molecule has 0 bridgehead atoms. The summed E-state index contributed by atoms with van der Waals surface area (Å²) in [6.07, 6.45) is 2.43. The molecule has 1 aliphatic carbocycles. The Hall–Kier alpha value is -2.15. The van der Waals surface area contributed by atoms with Crippen LogP contribution in [0.15, 0.2) is 18.2 Å². The molecule has 1 aromatic carbocycles. The molecule has 2 N–H and O–H groups in total. The van der Waals surface area contributed by atoms with Crippen LogP contribution in [0.1, 0.15) is 29.6 Å². The number of carbonyl (C=O) groups excluding carboxylic acids is 1. The lowest BCUT2D eigenvalue weighted by molar-refractivity contribution is -0.384. The Kier molecular flexibility index (Phi) is 3.89. The van der Waals surface area contributed by atoms with Crippen LogP contribution >= 0.6 is 0 Å². The van der Waals surface area contributed by atoms with E-state index in [9.17, 15) is 20.0 Å². The molecule has 0 saturated heterocycles. The number of methoxy groups -OCH3 is 1. The highest BCUT2D eigenvalue weighted by Crippen LogP contribution is 2.37. The quantitative estimate of drug-likeness (QED) is 0.483. The van der Waals surface area contributed by atoms with Crippen molar-refractivity contribution in [2.24, 2.45) is 0 Å². The maximum atomic E-state index is 11.5. The molecule has 108 valence electrons. The van der Waals surface area contributed by atoms with Crippen LogP contribution in [-0.4, -0.2) is 35.3 Å². The van der Waals surface area contributed by atoms with Gasteiger partial charge in [-0.15, -0.1) is 0 Å². The molecule has 7 nitrogen and oxygen atoms in total.